The van der Waals surface area contributed by atoms with Gasteiger partial charge >= 0.3 is 5.97 Å². The third-order valence-electron chi connectivity index (χ3n) is 6.15. The highest BCUT2D eigenvalue weighted by molar-refractivity contribution is 7.07. The molecule has 1 atom stereocenters. The lowest BCUT2D eigenvalue weighted by Crippen LogP contribution is -2.40. The van der Waals surface area contributed by atoms with E-state index in [0.717, 1.165) is 18.8 Å². The molecular weight excluding hydrogens is 498 g/mol. The van der Waals surface area contributed by atoms with Crippen molar-refractivity contribution in [3.8, 4) is 5.75 Å². The number of nitrogens with zero attached hydrogens (tertiary/aromatic N) is 3. The summed E-state index contributed by atoms with van der Waals surface area (Å²) >= 11 is 7.73. The molecule has 1 aromatic heterocycles. The highest BCUT2D eigenvalue weighted by Crippen LogP contribution is 2.34. The average molecular weight is 526 g/mol. The molecule has 188 valence electrons. The van der Waals surface area contributed by atoms with Crippen LogP contribution in [0.2, 0.25) is 5.02 Å². The molecule has 3 aromatic rings. The van der Waals surface area contributed by atoms with Gasteiger partial charge in [0.15, 0.2) is 4.80 Å². The molecule has 0 spiro atoms. The summed E-state index contributed by atoms with van der Waals surface area (Å²) in [7, 11) is 0. The Labute approximate surface area is 218 Å². The number of thiazole rings is 1. The summed E-state index contributed by atoms with van der Waals surface area (Å²) in [6.07, 6.45) is 1.65. The van der Waals surface area contributed by atoms with Crippen LogP contribution in [0.25, 0.3) is 6.08 Å². The molecule has 9 heteroatoms. The Hall–Kier alpha value is -3.36. The fraction of sp³-hybridized carbons (Fsp3) is 0.296. The Morgan fingerprint density at radius 2 is 1.94 bits per heavy atom. The number of allylic oxidation sites excluding steroid dienone is 1. The number of hydrogen-bond acceptors (Lipinski definition) is 7. The van der Waals surface area contributed by atoms with Crippen LogP contribution in [-0.4, -0.2) is 35.3 Å². The van der Waals surface area contributed by atoms with E-state index in [1.807, 2.05) is 12.1 Å². The molecule has 0 radical (unpaired) electrons. The van der Waals surface area contributed by atoms with Gasteiger partial charge in [-0.2, -0.15) is 0 Å². The molecule has 0 bridgehead atoms. The molecule has 0 unspecified atom stereocenters. The summed E-state index contributed by atoms with van der Waals surface area (Å²) in [4.78, 5) is 33.8. The normalized spacial score (nSPS) is 15.5. The van der Waals surface area contributed by atoms with E-state index >= 15 is 0 Å². The molecule has 7 nitrogen and oxygen atoms in total. The second kappa shape index (κ2) is 10.7. The summed E-state index contributed by atoms with van der Waals surface area (Å²) < 4.78 is 7.18. The van der Waals surface area contributed by atoms with Crippen LogP contribution in [0.3, 0.4) is 0 Å². The minimum Gasteiger partial charge on any atom is -0.507 e. The zero-order valence-electron chi connectivity index (χ0n) is 20.6. The number of halogens is 1. The number of phenolic OH excluding ortho intramolecular Hbond substituents is 1. The molecule has 0 amide bonds. The van der Waals surface area contributed by atoms with E-state index in [1.165, 1.54) is 15.9 Å². The Bertz CT molecular complexity index is 1520. The summed E-state index contributed by atoms with van der Waals surface area (Å²) in [5, 5.41) is 11.1. The van der Waals surface area contributed by atoms with Crippen LogP contribution in [0.4, 0.5) is 5.69 Å². The maximum Gasteiger partial charge on any atom is 0.338 e. The van der Waals surface area contributed by atoms with Gasteiger partial charge in [0, 0.05) is 35.4 Å². The van der Waals surface area contributed by atoms with Crippen LogP contribution in [0, 0.1) is 0 Å². The quantitative estimate of drug-likeness (QED) is 0.471. The van der Waals surface area contributed by atoms with E-state index in [9.17, 15) is 14.7 Å². The Balaban J connectivity index is 1.90. The lowest BCUT2D eigenvalue weighted by Gasteiger charge is -2.25. The van der Waals surface area contributed by atoms with E-state index < -0.39 is 12.0 Å². The summed E-state index contributed by atoms with van der Waals surface area (Å²) in [5.41, 5.74) is 2.45. The predicted molar refractivity (Wildman–Crippen MR) is 144 cm³/mol. The fourth-order valence-electron chi connectivity index (χ4n) is 4.36. The van der Waals surface area contributed by atoms with Crippen molar-refractivity contribution in [2.45, 2.75) is 33.7 Å². The molecule has 0 fully saturated rings. The van der Waals surface area contributed by atoms with Crippen molar-refractivity contribution in [2.24, 2.45) is 4.99 Å². The molecule has 0 saturated carbocycles. The largest absolute Gasteiger partial charge is 0.507 e. The number of hydrogen-bond donors (Lipinski definition) is 1. The zero-order valence-corrected chi connectivity index (χ0v) is 22.2. The minimum atomic E-state index is -0.783. The van der Waals surface area contributed by atoms with E-state index in [2.05, 4.69) is 23.7 Å². The molecule has 0 aliphatic carbocycles. The van der Waals surface area contributed by atoms with Gasteiger partial charge in [-0.15, -0.1) is 0 Å². The number of aromatic nitrogens is 1. The number of carbonyl (C=O) groups is 1. The first kappa shape index (κ1) is 25.7. The van der Waals surface area contributed by atoms with Crippen LogP contribution in [0.15, 0.2) is 63.5 Å². The van der Waals surface area contributed by atoms with Gasteiger partial charge < -0.3 is 14.7 Å². The molecule has 2 aromatic carbocycles. The van der Waals surface area contributed by atoms with Crippen molar-refractivity contribution in [1.82, 2.24) is 4.57 Å². The van der Waals surface area contributed by atoms with Gasteiger partial charge in [-0.05, 0) is 57.5 Å². The third kappa shape index (κ3) is 4.70. The number of carbonyl (C=O) groups excluding carboxylic acids is 1. The van der Waals surface area contributed by atoms with Crippen LogP contribution >= 0.6 is 22.9 Å². The first-order chi connectivity index (χ1) is 17.3. The topological polar surface area (TPSA) is 84.1 Å². The first-order valence-corrected chi connectivity index (χ1v) is 13.0. The van der Waals surface area contributed by atoms with E-state index in [4.69, 9.17) is 16.3 Å². The summed E-state index contributed by atoms with van der Waals surface area (Å²) in [6, 6.07) is 11.7. The van der Waals surface area contributed by atoms with Crippen molar-refractivity contribution in [3.05, 3.63) is 89.6 Å². The van der Waals surface area contributed by atoms with E-state index in [1.54, 1.807) is 50.3 Å². The second-order valence-electron chi connectivity index (χ2n) is 8.24. The van der Waals surface area contributed by atoms with Crippen molar-refractivity contribution < 1.29 is 14.6 Å². The van der Waals surface area contributed by atoms with Gasteiger partial charge in [0.1, 0.15) is 11.8 Å². The average Bonchev–Trinajstić information content (AvgIpc) is 3.15. The van der Waals surface area contributed by atoms with Crippen LogP contribution in [-0.2, 0) is 9.53 Å². The van der Waals surface area contributed by atoms with Gasteiger partial charge in [0.2, 0.25) is 0 Å². The van der Waals surface area contributed by atoms with Crippen molar-refractivity contribution in [2.75, 3.05) is 24.6 Å². The molecular formula is C27H28ClN3O4S. The number of rotatable bonds is 7. The van der Waals surface area contributed by atoms with Gasteiger partial charge in [0.25, 0.3) is 5.56 Å². The van der Waals surface area contributed by atoms with Gasteiger partial charge in [0.05, 0.1) is 22.4 Å². The fourth-order valence-corrected chi connectivity index (χ4v) is 5.64. The number of fused-ring (bicyclic) bond motifs is 1. The number of benzene rings is 2. The molecule has 4 rings (SSSR count). The smallest absolute Gasteiger partial charge is 0.338 e. The standard InChI is InChI=1S/C27H28ClN3O4S/c1-5-30(6-2)18-13-12-17(21(32)15-18)14-22-25(33)31-24(19-10-8-9-11-20(19)28)23(26(34)35-7-3)16(4)29-27(31)36-22/h8-15,24,32H,5-7H2,1-4H3/t24-/m1/s1. The summed E-state index contributed by atoms with van der Waals surface area (Å²) in [5.74, 6) is -0.459. The highest BCUT2D eigenvalue weighted by Gasteiger charge is 2.34. The van der Waals surface area contributed by atoms with E-state index in [-0.39, 0.29) is 23.5 Å². The van der Waals surface area contributed by atoms with Gasteiger partial charge in [-0.1, -0.05) is 41.1 Å². The third-order valence-corrected chi connectivity index (χ3v) is 7.47. The minimum absolute atomic E-state index is 0.0799. The first-order valence-electron chi connectivity index (χ1n) is 11.8. The number of esters is 1. The predicted octanol–water partition coefficient (Wildman–Crippen LogP) is 4.00. The molecule has 1 aliphatic rings. The summed E-state index contributed by atoms with van der Waals surface area (Å²) in [6.45, 7) is 9.39. The van der Waals surface area contributed by atoms with Crippen molar-refractivity contribution >= 4 is 40.7 Å². The molecule has 0 saturated heterocycles. The SMILES string of the molecule is CCOC(=O)C1=C(C)N=c2sc(=Cc3ccc(N(CC)CC)cc3O)c(=O)n2[C@@H]1c1ccccc1Cl. The van der Waals surface area contributed by atoms with Crippen LogP contribution < -0.4 is 19.8 Å². The number of aromatic hydroxyl groups is 1. The number of ether oxygens (including phenoxy) is 1. The van der Waals surface area contributed by atoms with E-state index in [0.29, 0.717) is 31.2 Å². The Kier molecular flexibility index (Phi) is 7.66. The number of phenols is 1. The Morgan fingerprint density at radius 3 is 2.58 bits per heavy atom. The molecule has 1 aliphatic heterocycles. The Morgan fingerprint density at radius 1 is 1.22 bits per heavy atom. The van der Waals surface area contributed by atoms with Gasteiger partial charge in [-0.25, -0.2) is 9.79 Å². The maximum atomic E-state index is 13.7. The van der Waals surface area contributed by atoms with Crippen LogP contribution in [0.1, 0.15) is 44.9 Å². The second-order valence-corrected chi connectivity index (χ2v) is 9.66. The van der Waals surface area contributed by atoms with Crippen molar-refractivity contribution in [1.29, 1.82) is 0 Å². The zero-order chi connectivity index (χ0) is 26.0. The van der Waals surface area contributed by atoms with Gasteiger partial charge in [-0.3, -0.25) is 9.36 Å². The highest BCUT2D eigenvalue weighted by atomic mass is 35.5. The molecule has 36 heavy (non-hydrogen) atoms. The number of anilines is 1. The van der Waals surface area contributed by atoms with Crippen LogP contribution in [0.5, 0.6) is 5.75 Å². The molecule has 2 heterocycles. The monoisotopic (exact) mass is 525 g/mol. The lowest BCUT2D eigenvalue weighted by atomic mass is 9.96. The lowest BCUT2D eigenvalue weighted by molar-refractivity contribution is -0.139. The maximum absolute atomic E-state index is 13.7. The molecule has 1 N–H and O–H groups in total. The van der Waals surface area contributed by atoms with Crippen molar-refractivity contribution in [3.63, 3.8) is 0 Å².